The van der Waals surface area contributed by atoms with Gasteiger partial charge in [0.1, 0.15) is 0 Å². The maximum atomic E-state index is 9.94. The molecule has 13 aromatic rings. The van der Waals surface area contributed by atoms with Crippen LogP contribution in [0.15, 0.2) is 243 Å². The summed E-state index contributed by atoms with van der Waals surface area (Å²) < 4.78 is 7.19. The van der Waals surface area contributed by atoms with Crippen molar-refractivity contribution in [2.45, 2.75) is 0 Å². The van der Waals surface area contributed by atoms with Gasteiger partial charge in [0, 0.05) is 49.4 Å². The van der Waals surface area contributed by atoms with Crippen LogP contribution in [0.3, 0.4) is 0 Å². The zero-order chi connectivity index (χ0) is 43.8. The van der Waals surface area contributed by atoms with Crippen LogP contribution in [0.25, 0.3) is 82.5 Å². The normalized spacial score (nSPS) is 11.9. The lowest BCUT2D eigenvalue weighted by atomic mass is 10.1. The fourth-order valence-electron chi connectivity index (χ4n) is 11.0. The van der Waals surface area contributed by atoms with Gasteiger partial charge in [0.25, 0.3) is 0 Å². The van der Waals surface area contributed by atoms with Crippen LogP contribution in [0.5, 0.6) is 0 Å². The van der Waals surface area contributed by atoms with Gasteiger partial charge in [-0.2, -0.15) is 5.26 Å². The molecule has 66 heavy (non-hydrogen) atoms. The second kappa shape index (κ2) is 15.0. The summed E-state index contributed by atoms with van der Waals surface area (Å²) in [5.41, 5.74) is 10.7. The van der Waals surface area contributed by atoms with Crippen LogP contribution in [0.4, 0.5) is 0 Å². The third-order valence-electron chi connectivity index (χ3n) is 13.8. The van der Waals surface area contributed by atoms with Crippen molar-refractivity contribution >= 4 is 94.2 Å². The second-order valence-electron chi connectivity index (χ2n) is 17.2. The molecule has 0 amide bonds. The Morgan fingerprint density at radius 1 is 0.273 bits per heavy atom. The van der Waals surface area contributed by atoms with Crippen LogP contribution in [-0.4, -0.2) is 21.8 Å². The molecule has 0 spiro atoms. The maximum Gasteiger partial charge on any atom is 0.179 e. The number of hydrogen-bond donors (Lipinski definition) is 0. The Morgan fingerprint density at radius 3 is 1.23 bits per heavy atom. The zero-order valence-electron chi connectivity index (χ0n) is 35.9. The average Bonchev–Trinajstić information content (AvgIpc) is 4.02. The van der Waals surface area contributed by atoms with Crippen molar-refractivity contribution < 1.29 is 0 Å². The third-order valence-corrected chi connectivity index (χ3v) is 18.6. The molecule has 0 unspecified atom stereocenters. The number of benzene rings is 10. The monoisotopic (exact) mass is 856 g/mol. The molecule has 0 bridgehead atoms. The quantitative estimate of drug-likeness (QED) is 0.116. The predicted molar refractivity (Wildman–Crippen MR) is 278 cm³/mol. The number of para-hydroxylation sites is 3. The van der Waals surface area contributed by atoms with E-state index in [0.29, 0.717) is 5.56 Å². The molecule has 0 aliphatic carbocycles. The molecule has 4 nitrogen and oxygen atoms in total. The van der Waals surface area contributed by atoms with Gasteiger partial charge < -0.3 is 13.7 Å². The standard InChI is InChI=1S/C61H40N4Si/c62-41-42-31-34-53-50-25-10-14-29-57(50)65(60(53)37-42)45-32-35-54-51-26-11-13-28-56(51)64(61(54)40-45)44-33-36-59-55(39-44)52-27-12-15-30-58(52)63(59)43-17-16-24-49(38-43)66(46-18-4-1-5-19-46,47-20-6-2-7-21-47)48-22-8-3-9-23-48/h1-40H. The Hall–Kier alpha value is -8.69. The van der Waals surface area contributed by atoms with Crippen LogP contribution >= 0.6 is 0 Å². The summed E-state index contributed by atoms with van der Waals surface area (Å²) in [6.45, 7) is 0. The van der Waals surface area contributed by atoms with E-state index in [1.54, 1.807) is 0 Å². The highest BCUT2D eigenvalue weighted by molar-refractivity contribution is 7.19. The summed E-state index contributed by atoms with van der Waals surface area (Å²) in [4.78, 5) is 0. The number of rotatable bonds is 7. The lowest BCUT2D eigenvalue weighted by Crippen LogP contribution is -2.74. The number of nitrogens with zero attached hydrogens (tertiary/aromatic N) is 4. The van der Waals surface area contributed by atoms with Gasteiger partial charge >= 0.3 is 0 Å². The van der Waals surface area contributed by atoms with E-state index in [1.807, 2.05) is 12.1 Å². The lowest BCUT2D eigenvalue weighted by molar-refractivity contribution is 1.15. The topological polar surface area (TPSA) is 38.6 Å². The van der Waals surface area contributed by atoms with Crippen molar-refractivity contribution in [1.82, 2.24) is 13.7 Å². The number of hydrogen-bond acceptors (Lipinski definition) is 1. The third kappa shape index (κ3) is 5.56. The van der Waals surface area contributed by atoms with E-state index in [2.05, 4.69) is 250 Å². The minimum absolute atomic E-state index is 0.644. The minimum atomic E-state index is -2.77. The van der Waals surface area contributed by atoms with Crippen molar-refractivity contribution in [2.24, 2.45) is 0 Å². The molecule has 0 fully saturated rings. The predicted octanol–water partition coefficient (Wildman–Crippen LogP) is 12.2. The molecule has 0 saturated heterocycles. The number of aromatic nitrogens is 3. The van der Waals surface area contributed by atoms with E-state index in [9.17, 15) is 5.26 Å². The molecule has 3 heterocycles. The van der Waals surface area contributed by atoms with E-state index in [0.717, 1.165) is 50.0 Å². The van der Waals surface area contributed by atoms with Gasteiger partial charge in [-0.3, -0.25) is 0 Å². The Kier molecular flexibility index (Phi) is 8.57. The molecule has 10 aromatic carbocycles. The summed E-state index contributed by atoms with van der Waals surface area (Å²) >= 11 is 0. The first-order valence-electron chi connectivity index (χ1n) is 22.5. The highest BCUT2D eigenvalue weighted by Gasteiger charge is 2.41. The van der Waals surface area contributed by atoms with Gasteiger partial charge in [0.05, 0.1) is 44.7 Å². The second-order valence-corrected chi connectivity index (χ2v) is 21.0. The van der Waals surface area contributed by atoms with Crippen molar-refractivity contribution in [3.05, 3.63) is 248 Å². The van der Waals surface area contributed by atoms with Gasteiger partial charge in [-0.05, 0) is 93.5 Å². The molecule has 13 rings (SSSR count). The smallest absolute Gasteiger partial charge is 0.179 e. The molecule has 3 aromatic heterocycles. The van der Waals surface area contributed by atoms with Crippen LogP contribution in [0, 0.1) is 11.3 Å². The molecule has 0 aliphatic heterocycles. The molecule has 0 radical (unpaired) electrons. The van der Waals surface area contributed by atoms with Crippen molar-refractivity contribution in [3.63, 3.8) is 0 Å². The van der Waals surface area contributed by atoms with Crippen LogP contribution < -0.4 is 20.7 Å². The molecule has 0 N–H and O–H groups in total. The largest absolute Gasteiger partial charge is 0.309 e. The Morgan fingerprint density at radius 2 is 0.667 bits per heavy atom. The summed E-state index contributed by atoms with van der Waals surface area (Å²) in [5.74, 6) is 0. The summed E-state index contributed by atoms with van der Waals surface area (Å²) in [6.07, 6.45) is 0. The van der Waals surface area contributed by atoms with E-state index in [1.165, 1.54) is 53.2 Å². The first-order chi connectivity index (χ1) is 32.7. The Bertz CT molecular complexity index is 3960. The van der Waals surface area contributed by atoms with E-state index >= 15 is 0 Å². The Labute approximate surface area is 382 Å². The summed E-state index contributed by atoms with van der Waals surface area (Å²) in [6, 6.07) is 91.0. The fourth-order valence-corrected chi connectivity index (χ4v) is 15.8. The van der Waals surface area contributed by atoms with E-state index in [-0.39, 0.29) is 0 Å². The van der Waals surface area contributed by atoms with Gasteiger partial charge in [0.2, 0.25) is 0 Å². The molecular weight excluding hydrogens is 817 g/mol. The first-order valence-corrected chi connectivity index (χ1v) is 24.5. The van der Waals surface area contributed by atoms with E-state index in [4.69, 9.17) is 0 Å². The lowest BCUT2D eigenvalue weighted by Gasteiger charge is -2.34. The van der Waals surface area contributed by atoms with Crippen molar-refractivity contribution in [2.75, 3.05) is 0 Å². The molecular formula is C61H40N4Si. The van der Waals surface area contributed by atoms with Crippen LogP contribution in [-0.2, 0) is 0 Å². The molecule has 0 aliphatic rings. The van der Waals surface area contributed by atoms with Crippen LogP contribution in [0.2, 0.25) is 0 Å². The molecule has 0 atom stereocenters. The zero-order valence-corrected chi connectivity index (χ0v) is 36.9. The first kappa shape index (κ1) is 37.8. The highest BCUT2D eigenvalue weighted by atomic mass is 28.3. The molecule has 308 valence electrons. The average molecular weight is 857 g/mol. The summed E-state index contributed by atoms with van der Waals surface area (Å²) in [7, 11) is -2.77. The summed E-state index contributed by atoms with van der Waals surface area (Å²) in [5, 5.41) is 22.4. The number of fused-ring (bicyclic) bond motifs is 9. The fraction of sp³-hybridized carbons (Fsp3) is 0. The minimum Gasteiger partial charge on any atom is -0.309 e. The van der Waals surface area contributed by atoms with Crippen molar-refractivity contribution in [1.29, 1.82) is 5.26 Å². The van der Waals surface area contributed by atoms with Gasteiger partial charge in [-0.1, -0.05) is 170 Å². The SMILES string of the molecule is N#Cc1ccc2c3ccccc3n(-c3ccc4c5ccccc5n(-c5ccc6c(c5)c5ccccc5n6-c5cccc([Si](c6ccccc6)(c6ccccc6)c6ccccc6)c5)c4c3)c2c1. The molecule has 5 heteroatoms. The number of nitriles is 1. The molecule has 0 saturated carbocycles. The highest BCUT2D eigenvalue weighted by Crippen LogP contribution is 2.39. The van der Waals surface area contributed by atoms with Crippen molar-refractivity contribution in [3.8, 4) is 23.1 Å². The maximum absolute atomic E-state index is 9.94. The van der Waals surface area contributed by atoms with Gasteiger partial charge in [-0.25, -0.2) is 0 Å². The van der Waals surface area contributed by atoms with Gasteiger partial charge in [-0.15, -0.1) is 0 Å². The Balaban J connectivity index is 1.03. The van der Waals surface area contributed by atoms with E-state index < -0.39 is 8.07 Å². The van der Waals surface area contributed by atoms with Gasteiger partial charge in [0.15, 0.2) is 8.07 Å². The van der Waals surface area contributed by atoms with Crippen LogP contribution in [0.1, 0.15) is 5.56 Å².